The Morgan fingerprint density at radius 1 is 1.40 bits per heavy atom. The lowest BCUT2D eigenvalue weighted by Gasteiger charge is -2.15. The van der Waals surface area contributed by atoms with E-state index in [9.17, 15) is 13.2 Å². The molecule has 2 N–H and O–H groups in total. The van der Waals surface area contributed by atoms with Crippen LogP contribution in [0.5, 0.6) is 0 Å². The minimum absolute atomic E-state index is 0.00433. The number of carbonyl (C=O) groups is 1. The Morgan fingerprint density at radius 3 is 2.50 bits per heavy atom. The van der Waals surface area contributed by atoms with Gasteiger partial charge in [0.2, 0.25) is 10.0 Å². The van der Waals surface area contributed by atoms with Gasteiger partial charge in [0.15, 0.2) is 0 Å². The summed E-state index contributed by atoms with van der Waals surface area (Å²) >= 11 is 11.6. The van der Waals surface area contributed by atoms with Gasteiger partial charge in [-0.25, -0.2) is 17.9 Å². The smallest absolute Gasteiger partial charge is 0.337 e. The number of carboxylic acid groups (broad SMARTS) is 1. The third-order valence-corrected chi connectivity index (χ3v) is 4.95. The summed E-state index contributed by atoms with van der Waals surface area (Å²) in [5, 5.41) is 8.63. The maximum Gasteiger partial charge on any atom is 0.337 e. The molecule has 0 heterocycles. The van der Waals surface area contributed by atoms with E-state index in [4.69, 9.17) is 28.3 Å². The molecule has 0 bridgehead atoms. The molecule has 8 heteroatoms. The average Bonchev–Trinajstić information content (AvgIpc) is 2.30. The van der Waals surface area contributed by atoms with Gasteiger partial charge < -0.3 is 5.11 Å². The average molecular weight is 340 g/mol. The topological polar surface area (TPSA) is 83.5 Å². The van der Waals surface area contributed by atoms with Crippen LogP contribution >= 0.6 is 23.2 Å². The molecule has 20 heavy (non-hydrogen) atoms. The molecule has 1 atom stereocenters. The maximum atomic E-state index is 12.2. The predicted molar refractivity (Wildman–Crippen MR) is 78.1 cm³/mol. The van der Waals surface area contributed by atoms with Gasteiger partial charge in [0, 0.05) is 11.1 Å². The summed E-state index contributed by atoms with van der Waals surface area (Å²) in [5.74, 6) is -1.34. The minimum Gasteiger partial charge on any atom is -0.478 e. The van der Waals surface area contributed by atoms with Gasteiger partial charge in [-0.15, -0.1) is 0 Å². The van der Waals surface area contributed by atoms with Gasteiger partial charge in [-0.05, 0) is 25.5 Å². The number of sulfonamides is 1. The summed E-state index contributed by atoms with van der Waals surface area (Å²) in [6.45, 7) is 3.65. The van der Waals surface area contributed by atoms with Crippen LogP contribution in [0.1, 0.15) is 37.0 Å². The van der Waals surface area contributed by atoms with Gasteiger partial charge in [-0.2, -0.15) is 0 Å². The monoisotopic (exact) mass is 339 g/mol. The number of rotatable bonds is 6. The van der Waals surface area contributed by atoms with Gasteiger partial charge in [-0.1, -0.05) is 36.5 Å². The lowest BCUT2D eigenvalue weighted by Crippen LogP contribution is -2.32. The third kappa shape index (κ3) is 4.09. The summed E-state index contributed by atoms with van der Waals surface area (Å²) in [6, 6.07) is 1.96. The van der Waals surface area contributed by atoms with Crippen LogP contribution in [0.4, 0.5) is 0 Å². The fourth-order valence-electron chi connectivity index (χ4n) is 1.74. The van der Waals surface area contributed by atoms with Gasteiger partial charge in [0.25, 0.3) is 0 Å². The number of carboxylic acids is 1. The maximum absolute atomic E-state index is 12.2. The number of hydrogen-bond acceptors (Lipinski definition) is 3. The van der Waals surface area contributed by atoms with Gasteiger partial charge in [0.1, 0.15) is 4.90 Å². The van der Waals surface area contributed by atoms with Crippen LogP contribution in [0.25, 0.3) is 0 Å². The molecule has 0 aromatic heterocycles. The molecule has 0 saturated heterocycles. The Morgan fingerprint density at radius 2 is 2.00 bits per heavy atom. The van der Waals surface area contributed by atoms with Crippen molar-refractivity contribution >= 4 is 39.2 Å². The highest BCUT2D eigenvalue weighted by molar-refractivity contribution is 7.89. The predicted octanol–water partition coefficient (Wildman–Crippen LogP) is 3.16. The first-order valence-electron chi connectivity index (χ1n) is 5.93. The Hall–Kier alpha value is -0.820. The largest absolute Gasteiger partial charge is 0.478 e. The number of halogens is 2. The second-order valence-corrected chi connectivity index (χ2v) is 6.88. The summed E-state index contributed by atoms with van der Waals surface area (Å²) in [5.41, 5.74) is -0.345. The standard InChI is InChI=1S/C12H15Cl2NO4S/c1-3-4-7(2)15-20(18,19)10-6-8(13)5-9(11(10)14)12(16)17/h5-7,15H,3-4H2,1-2H3,(H,16,17). The molecule has 1 rings (SSSR count). The van der Waals surface area contributed by atoms with Crippen molar-refractivity contribution in [1.82, 2.24) is 4.72 Å². The van der Waals surface area contributed by atoms with Crippen LogP contribution in [0, 0.1) is 0 Å². The zero-order valence-electron chi connectivity index (χ0n) is 11.0. The second-order valence-electron chi connectivity index (χ2n) is 4.38. The zero-order chi connectivity index (χ0) is 15.5. The quantitative estimate of drug-likeness (QED) is 0.833. The fraction of sp³-hybridized carbons (Fsp3) is 0.417. The van der Waals surface area contributed by atoms with E-state index in [1.165, 1.54) is 0 Å². The lowest BCUT2D eigenvalue weighted by molar-refractivity contribution is 0.0697. The van der Waals surface area contributed by atoms with E-state index in [1.54, 1.807) is 6.92 Å². The molecule has 0 radical (unpaired) electrons. The Kier molecular flexibility index (Phi) is 5.82. The molecule has 0 aliphatic carbocycles. The minimum atomic E-state index is -3.92. The van der Waals surface area contributed by atoms with E-state index in [0.29, 0.717) is 6.42 Å². The molecule has 1 unspecified atom stereocenters. The number of hydrogen-bond donors (Lipinski definition) is 2. The molecule has 0 spiro atoms. The summed E-state index contributed by atoms with van der Waals surface area (Å²) in [4.78, 5) is 10.7. The molecule has 1 aromatic carbocycles. The first-order chi connectivity index (χ1) is 9.19. The zero-order valence-corrected chi connectivity index (χ0v) is 13.3. The molecule has 5 nitrogen and oxygen atoms in total. The van der Waals surface area contributed by atoms with E-state index in [2.05, 4.69) is 4.72 Å². The van der Waals surface area contributed by atoms with Crippen LogP contribution in [-0.4, -0.2) is 25.5 Å². The van der Waals surface area contributed by atoms with Crippen molar-refractivity contribution in [3.8, 4) is 0 Å². The molecule has 0 saturated carbocycles. The van der Waals surface area contributed by atoms with Crippen LogP contribution < -0.4 is 4.72 Å². The molecular weight excluding hydrogens is 325 g/mol. The molecule has 0 amide bonds. The van der Waals surface area contributed by atoms with E-state index in [0.717, 1.165) is 18.6 Å². The Balaban J connectivity index is 3.28. The highest BCUT2D eigenvalue weighted by Crippen LogP contribution is 2.29. The van der Waals surface area contributed by atoms with Crippen LogP contribution in [-0.2, 0) is 10.0 Å². The van der Waals surface area contributed by atoms with Crippen molar-refractivity contribution in [2.45, 2.75) is 37.6 Å². The molecule has 112 valence electrons. The highest BCUT2D eigenvalue weighted by Gasteiger charge is 2.24. The molecule has 0 aliphatic rings. The lowest BCUT2D eigenvalue weighted by atomic mass is 10.2. The normalized spacial score (nSPS) is 13.2. The second kappa shape index (κ2) is 6.76. The number of benzene rings is 1. The van der Waals surface area contributed by atoms with E-state index in [1.807, 2.05) is 6.92 Å². The first kappa shape index (κ1) is 17.2. The highest BCUT2D eigenvalue weighted by atomic mass is 35.5. The first-order valence-corrected chi connectivity index (χ1v) is 8.17. The third-order valence-electron chi connectivity index (χ3n) is 2.60. The van der Waals surface area contributed by atoms with Crippen LogP contribution in [0.15, 0.2) is 17.0 Å². The van der Waals surface area contributed by atoms with Crippen LogP contribution in [0.2, 0.25) is 10.0 Å². The van der Waals surface area contributed by atoms with Gasteiger partial charge in [0.05, 0.1) is 10.6 Å². The van der Waals surface area contributed by atoms with Crippen molar-refractivity contribution in [3.63, 3.8) is 0 Å². The van der Waals surface area contributed by atoms with Crippen LogP contribution in [0.3, 0.4) is 0 Å². The van der Waals surface area contributed by atoms with Crippen molar-refractivity contribution in [2.24, 2.45) is 0 Å². The number of nitrogens with one attached hydrogen (secondary N) is 1. The summed E-state index contributed by atoms with van der Waals surface area (Å²) in [6.07, 6.45) is 1.47. The number of aromatic carboxylic acids is 1. The summed E-state index contributed by atoms with van der Waals surface area (Å²) in [7, 11) is -3.92. The van der Waals surface area contributed by atoms with E-state index < -0.39 is 16.0 Å². The SMILES string of the molecule is CCCC(C)NS(=O)(=O)c1cc(Cl)cc(C(=O)O)c1Cl. The van der Waals surface area contributed by atoms with Crippen molar-refractivity contribution in [2.75, 3.05) is 0 Å². The van der Waals surface area contributed by atoms with Crippen molar-refractivity contribution in [3.05, 3.63) is 27.7 Å². The molecular formula is C12H15Cl2NO4S. The van der Waals surface area contributed by atoms with Crippen molar-refractivity contribution in [1.29, 1.82) is 0 Å². The van der Waals surface area contributed by atoms with E-state index >= 15 is 0 Å². The molecule has 0 fully saturated rings. The van der Waals surface area contributed by atoms with E-state index in [-0.39, 0.29) is 26.5 Å². The molecule has 1 aromatic rings. The summed E-state index contributed by atoms with van der Waals surface area (Å²) < 4.78 is 26.9. The van der Waals surface area contributed by atoms with Crippen molar-refractivity contribution < 1.29 is 18.3 Å². The fourth-order valence-corrected chi connectivity index (χ4v) is 3.92. The molecule has 0 aliphatic heterocycles. The Labute approximate surface area is 127 Å². The van der Waals surface area contributed by atoms with Gasteiger partial charge in [-0.3, -0.25) is 0 Å². The Bertz CT molecular complexity index is 616. The van der Waals surface area contributed by atoms with Gasteiger partial charge >= 0.3 is 5.97 Å².